The molecule has 0 radical (unpaired) electrons. The minimum absolute atomic E-state index is 0.0294. The van der Waals surface area contributed by atoms with Crippen LogP contribution < -0.4 is 10.3 Å². The molecule has 0 spiro atoms. The van der Waals surface area contributed by atoms with E-state index in [1.165, 1.54) is 0 Å². The van der Waals surface area contributed by atoms with Crippen molar-refractivity contribution in [3.63, 3.8) is 0 Å². The third-order valence-electron chi connectivity index (χ3n) is 4.19. The lowest BCUT2D eigenvalue weighted by Crippen LogP contribution is -2.47. The zero-order valence-electron chi connectivity index (χ0n) is 14.1. The number of ether oxygens (including phenoxy) is 2. The molecule has 1 aromatic heterocycles. The molecule has 3 rings (SSSR count). The van der Waals surface area contributed by atoms with Gasteiger partial charge in [-0.2, -0.15) is 0 Å². The molecule has 0 saturated carbocycles. The molecule has 2 atom stereocenters. The van der Waals surface area contributed by atoms with Crippen LogP contribution in [-0.2, 0) is 11.4 Å². The van der Waals surface area contributed by atoms with E-state index in [-0.39, 0.29) is 17.8 Å². The lowest BCUT2D eigenvalue weighted by molar-refractivity contribution is -0.0770. The van der Waals surface area contributed by atoms with E-state index in [9.17, 15) is 4.79 Å². The molecule has 1 aliphatic heterocycles. The van der Waals surface area contributed by atoms with Gasteiger partial charge in [0, 0.05) is 13.1 Å². The molecule has 124 valence electrons. The summed E-state index contributed by atoms with van der Waals surface area (Å²) in [5.74, 6) is 1.39. The predicted molar refractivity (Wildman–Crippen MR) is 88.9 cm³/mol. The second-order valence-corrected chi connectivity index (χ2v) is 6.21. The van der Waals surface area contributed by atoms with Gasteiger partial charge in [0.1, 0.15) is 11.6 Å². The molecule has 1 saturated heterocycles. The van der Waals surface area contributed by atoms with E-state index >= 15 is 0 Å². The van der Waals surface area contributed by atoms with Crippen LogP contribution in [0.3, 0.4) is 0 Å². The van der Waals surface area contributed by atoms with Crippen molar-refractivity contribution >= 4 is 10.9 Å². The van der Waals surface area contributed by atoms with Crippen molar-refractivity contribution in [2.45, 2.75) is 39.6 Å². The van der Waals surface area contributed by atoms with Gasteiger partial charge < -0.3 is 9.47 Å². The summed E-state index contributed by atoms with van der Waals surface area (Å²) < 4.78 is 12.7. The molecule has 0 aliphatic carbocycles. The van der Waals surface area contributed by atoms with Crippen LogP contribution in [0.15, 0.2) is 23.0 Å². The van der Waals surface area contributed by atoms with Crippen LogP contribution in [0.25, 0.3) is 10.9 Å². The summed E-state index contributed by atoms with van der Waals surface area (Å²) in [7, 11) is 1.60. The summed E-state index contributed by atoms with van der Waals surface area (Å²) >= 11 is 0. The van der Waals surface area contributed by atoms with Gasteiger partial charge in [0.25, 0.3) is 5.56 Å². The van der Waals surface area contributed by atoms with Crippen LogP contribution in [0.2, 0.25) is 0 Å². The van der Waals surface area contributed by atoms with Crippen molar-refractivity contribution in [2.75, 3.05) is 20.2 Å². The fraction of sp³-hybridized carbons (Fsp3) is 0.529. The molecule has 1 fully saturated rings. The Kier molecular flexibility index (Phi) is 4.37. The van der Waals surface area contributed by atoms with E-state index in [4.69, 9.17) is 9.47 Å². The van der Waals surface area contributed by atoms with Gasteiger partial charge in [-0.3, -0.25) is 14.3 Å². The van der Waals surface area contributed by atoms with Gasteiger partial charge in [0.2, 0.25) is 0 Å². The third-order valence-corrected chi connectivity index (χ3v) is 4.19. The van der Waals surface area contributed by atoms with Crippen molar-refractivity contribution in [1.29, 1.82) is 0 Å². The summed E-state index contributed by atoms with van der Waals surface area (Å²) in [5, 5.41) is 0.587. The number of rotatable bonds is 3. The molecule has 0 amide bonds. The normalized spacial score (nSPS) is 22.4. The molecule has 1 aromatic carbocycles. The van der Waals surface area contributed by atoms with Crippen molar-refractivity contribution in [1.82, 2.24) is 14.5 Å². The van der Waals surface area contributed by atoms with Crippen LogP contribution in [0.1, 0.15) is 19.7 Å². The molecular weight excluding hydrogens is 294 g/mol. The third kappa shape index (κ3) is 3.23. The Hall–Kier alpha value is -1.92. The molecular formula is C17H23N3O3. The number of benzene rings is 1. The summed E-state index contributed by atoms with van der Waals surface area (Å²) in [6, 6.07) is 5.40. The standard InChI is InChI=1S/C17H23N3O3/c1-11-8-19(9-12(2)23-11)10-20-13(3)18-16-6-5-14(22-4)7-15(16)17(20)21/h5-7,11-12H,8-10H2,1-4H3. The Morgan fingerprint density at radius 3 is 2.65 bits per heavy atom. The second-order valence-electron chi connectivity index (χ2n) is 6.21. The molecule has 2 unspecified atom stereocenters. The molecule has 1 aliphatic rings. The minimum Gasteiger partial charge on any atom is -0.497 e. The van der Waals surface area contributed by atoms with E-state index in [1.54, 1.807) is 17.7 Å². The fourth-order valence-corrected chi connectivity index (χ4v) is 3.20. The minimum atomic E-state index is -0.0294. The maximum atomic E-state index is 12.9. The highest BCUT2D eigenvalue weighted by Crippen LogP contribution is 2.17. The van der Waals surface area contributed by atoms with Gasteiger partial charge >= 0.3 is 0 Å². The highest BCUT2D eigenvalue weighted by atomic mass is 16.5. The van der Waals surface area contributed by atoms with Crippen LogP contribution in [0.4, 0.5) is 0 Å². The number of fused-ring (bicyclic) bond motifs is 1. The topological polar surface area (TPSA) is 56.6 Å². The number of morpholine rings is 1. The molecule has 23 heavy (non-hydrogen) atoms. The molecule has 2 heterocycles. The SMILES string of the molecule is COc1ccc2nc(C)n(CN3CC(C)OC(C)C3)c(=O)c2c1. The van der Waals surface area contributed by atoms with Crippen molar-refractivity contribution in [3.8, 4) is 5.75 Å². The quantitative estimate of drug-likeness (QED) is 0.864. The maximum absolute atomic E-state index is 12.9. The Morgan fingerprint density at radius 1 is 1.30 bits per heavy atom. The van der Waals surface area contributed by atoms with E-state index in [1.807, 2.05) is 19.1 Å². The predicted octanol–water partition coefficient (Wildman–Crippen LogP) is 1.78. The molecule has 0 bridgehead atoms. The Morgan fingerprint density at radius 2 is 2.00 bits per heavy atom. The van der Waals surface area contributed by atoms with Crippen molar-refractivity contribution in [3.05, 3.63) is 34.4 Å². The first kappa shape index (κ1) is 16.0. The Bertz CT molecular complexity index is 762. The summed E-state index contributed by atoms with van der Waals surface area (Å²) in [5.41, 5.74) is 0.673. The maximum Gasteiger partial charge on any atom is 0.262 e. The van der Waals surface area contributed by atoms with Gasteiger partial charge in [-0.1, -0.05) is 0 Å². The van der Waals surface area contributed by atoms with Gasteiger partial charge in [0.15, 0.2) is 0 Å². The van der Waals surface area contributed by atoms with Crippen LogP contribution >= 0.6 is 0 Å². The number of aryl methyl sites for hydroxylation is 1. The largest absolute Gasteiger partial charge is 0.497 e. The summed E-state index contributed by atoms with van der Waals surface area (Å²) in [6.45, 7) is 8.14. The van der Waals surface area contributed by atoms with Gasteiger partial charge in [-0.05, 0) is 39.0 Å². The van der Waals surface area contributed by atoms with Crippen LogP contribution in [0, 0.1) is 6.92 Å². The van der Waals surface area contributed by atoms with Gasteiger partial charge in [-0.25, -0.2) is 4.98 Å². The summed E-state index contributed by atoms with van der Waals surface area (Å²) in [4.78, 5) is 19.7. The number of nitrogens with zero attached hydrogens (tertiary/aromatic N) is 3. The zero-order valence-corrected chi connectivity index (χ0v) is 14.1. The molecule has 6 nitrogen and oxygen atoms in total. The summed E-state index contributed by atoms with van der Waals surface area (Å²) in [6.07, 6.45) is 0.339. The van der Waals surface area contributed by atoms with E-state index in [0.29, 0.717) is 23.3 Å². The Balaban J connectivity index is 1.98. The zero-order chi connectivity index (χ0) is 16.6. The van der Waals surface area contributed by atoms with Crippen LogP contribution in [-0.4, -0.2) is 46.9 Å². The lowest BCUT2D eigenvalue weighted by Gasteiger charge is -2.35. The number of hydrogen-bond acceptors (Lipinski definition) is 5. The van der Waals surface area contributed by atoms with Crippen LogP contribution in [0.5, 0.6) is 5.75 Å². The number of aromatic nitrogens is 2. The van der Waals surface area contributed by atoms with Gasteiger partial charge in [-0.15, -0.1) is 0 Å². The lowest BCUT2D eigenvalue weighted by atomic mass is 10.2. The first-order valence-electron chi connectivity index (χ1n) is 7.91. The number of hydrogen-bond donors (Lipinski definition) is 0. The molecule has 0 N–H and O–H groups in total. The monoisotopic (exact) mass is 317 g/mol. The fourth-order valence-electron chi connectivity index (χ4n) is 3.20. The first-order valence-corrected chi connectivity index (χ1v) is 7.91. The van der Waals surface area contributed by atoms with Crippen molar-refractivity contribution in [2.24, 2.45) is 0 Å². The van der Waals surface area contributed by atoms with E-state index in [2.05, 4.69) is 23.7 Å². The molecule has 6 heteroatoms. The average molecular weight is 317 g/mol. The second kappa shape index (κ2) is 6.29. The van der Waals surface area contributed by atoms with Crippen molar-refractivity contribution < 1.29 is 9.47 Å². The average Bonchev–Trinajstić information content (AvgIpc) is 2.50. The van der Waals surface area contributed by atoms with E-state index < -0.39 is 0 Å². The highest BCUT2D eigenvalue weighted by Gasteiger charge is 2.23. The Labute approximate surface area is 135 Å². The van der Waals surface area contributed by atoms with Gasteiger partial charge in [0.05, 0.1) is 36.9 Å². The smallest absolute Gasteiger partial charge is 0.262 e. The first-order chi connectivity index (χ1) is 11.0. The van der Waals surface area contributed by atoms with E-state index in [0.717, 1.165) is 18.9 Å². The number of methoxy groups -OCH3 is 1. The highest BCUT2D eigenvalue weighted by molar-refractivity contribution is 5.79. The molecule has 2 aromatic rings.